The third-order valence-electron chi connectivity index (χ3n) is 3.43. The average molecular weight is 331 g/mol. The van der Waals surface area contributed by atoms with Crippen molar-refractivity contribution in [3.8, 4) is 5.75 Å². The van der Waals surface area contributed by atoms with E-state index in [-0.39, 0.29) is 6.03 Å². The fourth-order valence-corrected chi connectivity index (χ4v) is 3.75. The van der Waals surface area contributed by atoms with Crippen LogP contribution in [0.1, 0.15) is 13.8 Å². The zero-order valence-corrected chi connectivity index (χ0v) is 13.9. The first-order valence-corrected chi connectivity index (χ1v) is 8.32. The van der Waals surface area contributed by atoms with E-state index in [0.29, 0.717) is 35.3 Å². The minimum Gasteiger partial charge on any atom is -0.493 e. The van der Waals surface area contributed by atoms with Crippen LogP contribution >= 0.6 is 11.6 Å². The second-order valence-corrected chi connectivity index (χ2v) is 8.09. The molecule has 0 bridgehead atoms. The Morgan fingerprint density at radius 3 is 2.81 bits per heavy atom. The molecule has 0 radical (unpaired) electrons. The summed E-state index contributed by atoms with van der Waals surface area (Å²) < 4.78 is 16.7. The van der Waals surface area contributed by atoms with Gasteiger partial charge in [-0.05, 0) is 26.0 Å². The van der Waals surface area contributed by atoms with E-state index in [1.807, 2.05) is 13.8 Å². The molecule has 1 heterocycles. The molecule has 1 aliphatic rings. The highest BCUT2D eigenvalue weighted by atomic mass is 35.5. The van der Waals surface area contributed by atoms with Gasteiger partial charge in [-0.1, -0.05) is 17.7 Å². The van der Waals surface area contributed by atoms with Crippen LogP contribution in [0.4, 0.5) is 10.5 Å². The van der Waals surface area contributed by atoms with Crippen molar-refractivity contribution in [2.24, 2.45) is 0 Å². The minimum atomic E-state index is -0.911. The van der Waals surface area contributed by atoms with Gasteiger partial charge in [0, 0.05) is 29.6 Å². The predicted octanol–water partition coefficient (Wildman–Crippen LogP) is 2.72. The van der Waals surface area contributed by atoms with Gasteiger partial charge in [0.2, 0.25) is 0 Å². The van der Waals surface area contributed by atoms with Gasteiger partial charge in [0.15, 0.2) is 5.75 Å². The highest BCUT2D eigenvalue weighted by Crippen LogP contribution is 2.32. The molecule has 0 aliphatic carbocycles. The SMILES string of the molecule is COc1c(Cl)cccc1NC(=O)N1CCS(=O)C(C)(C)C1. The lowest BCUT2D eigenvalue weighted by Crippen LogP contribution is -2.53. The Labute approximate surface area is 132 Å². The van der Waals surface area contributed by atoms with Crippen molar-refractivity contribution in [3.63, 3.8) is 0 Å². The fraction of sp³-hybridized carbons (Fsp3) is 0.500. The number of methoxy groups -OCH3 is 1. The molecule has 1 aromatic rings. The van der Waals surface area contributed by atoms with E-state index in [1.54, 1.807) is 23.1 Å². The van der Waals surface area contributed by atoms with E-state index in [0.717, 1.165) is 0 Å². The maximum atomic E-state index is 12.4. The summed E-state index contributed by atoms with van der Waals surface area (Å²) >= 11 is 6.03. The standard InChI is InChI=1S/C14H19ClN2O3S/c1-14(2)9-17(7-8-21(14)19)13(18)16-11-6-4-5-10(15)12(11)20-3/h4-6H,7-9H2,1-3H3,(H,16,18). The number of hydrogen-bond donors (Lipinski definition) is 1. The van der Waals surface area contributed by atoms with Crippen molar-refractivity contribution in [1.82, 2.24) is 4.90 Å². The first-order chi connectivity index (χ1) is 9.85. The zero-order chi connectivity index (χ0) is 15.6. The molecule has 1 unspecified atom stereocenters. The van der Waals surface area contributed by atoms with Gasteiger partial charge >= 0.3 is 6.03 Å². The Morgan fingerprint density at radius 1 is 1.48 bits per heavy atom. The lowest BCUT2D eigenvalue weighted by atomic mass is 10.2. The Kier molecular flexibility index (Phi) is 4.78. The second kappa shape index (κ2) is 6.23. The number of amides is 2. The van der Waals surface area contributed by atoms with Crippen LogP contribution in [0.3, 0.4) is 0 Å². The number of nitrogens with one attached hydrogen (secondary N) is 1. The molecule has 7 heteroatoms. The summed E-state index contributed by atoms with van der Waals surface area (Å²) in [6, 6.07) is 4.94. The number of anilines is 1. The van der Waals surface area contributed by atoms with E-state index in [4.69, 9.17) is 16.3 Å². The number of nitrogens with zero attached hydrogens (tertiary/aromatic N) is 1. The lowest BCUT2D eigenvalue weighted by Gasteiger charge is -2.37. The molecule has 1 aromatic carbocycles. The molecule has 5 nitrogen and oxygen atoms in total. The molecule has 21 heavy (non-hydrogen) atoms. The van der Waals surface area contributed by atoms with Crippen molar-refractivity contribution in [3.05, 3.63) is 23.2 Å². The van der Waals surface area contributed by atoms with Gasteiger partial charge in [-0.2, -0.15) is 0 Å². The number of halogens is 1. The summed E-state index contributed by atoms with van der Waals surface area (Å²) in [7, 11) is 0.593. The smallest absolute Gasteiger partial charge is 0.322 e. The molecule has 1 N–H and O–H groups in total. The summed E-state index contributed by atoms with van der Waals surface area (Å²) in [6.07, 6.45) is 0. The molecular formula is C14H19ClN2O3S. The van der Waals surface area contributed by atoms with Crippen LogP contribution in [0, 0.1) is 0 Å². The highest BCUT2D eigenvalue weighted by molar-refractivity contribution is 7.86. The van der Waals surface area contributed by atoms with Crippen molar-refractivity contribution >= 4 is 34.1 Å². The van der Waals surface area contributed by atoms with Gasteiger partial charge in [-0.25, -0.2) is 4.79 Å². The first kappa shape index (κ1) is 16.1. The van der Waals surface area contributed by atoms with E-state index in [1.165, 1.54) is 7.11 Å². The molecule has 116 valence electrons. The van der Waals surface area contributed by atoms with Gasteiger partial charge in [0.25, 0.3) is 0 Å². The monoisotopic (exact) mass is 330 g/mol. The maximum Gasteiger partial charge on any atom is 0.322 e. The van der Waals surface area contributed by atoms with Gasteiger partial charge in [-0.3, -0.25) is 4.21 Å². The van der Waals surface area contributed by atoms with Crippen LogP contribution in [0.15, 0.2) is 18.2 Å². The molecule has 2 rings (SSSR count). The number of ether oxygens (including phenoxy) is 1. The Hall–Kier alpha value is -1.27. The number of hydrogen-bond acceptors (Lipinski definition) is 3. The Bertz CT molecular complexity index is 577. The van der Waals surface area contributed by atoms with Crippen molar-refractivity contribution < 1.29 is 13.7 Å². The molecule has 2 amide bonds. The molecule has 1 fully saturated rings. The molecule has 1 atom stereocenters. The van der Waals surface area contributed by atoms with E-state index in [9.17, 15) is 9.00 Å². The molecule has 1 aliphatic heterocycles. The van der Waals surface area contributed by atoms with Crippen molar-refractivity contribution in [2.45, 2.75) is 18.6 Å². The normalized spacial score (nSPS) is 21.0. The molecule has 0 saturated carbocycles. The number of benzene rings is 1. The third kappa shape index (κ3) is 3.49. The highest BCUT2D eigenvalue weighted by Gasteiger charge is 2.35. The molecular weight excluding hydrogens is 312 g/mol. The number of urea groups is 1. The number of para-hydroxylation sites is 1. The van der Waals surface area contributed by atoms with Gasteiger partial charge in [0.05, 0.1) is 22.6 Å². The van der Waals surface area contributed by atoms with Crippen molar-refractivity contribution in [2.75, 3.05) is 31.3 Å². The summed E-state index contributed by atoms with van der Waals surface area (Å²) in [5.74, 6) is 0.931. The molecule has 0 aromatic heterocycles. The Morgan fingerprint density at radius 2 is 2.19 bits per heavy atom. The van der Waals surface area contributed by atoms with Crippen LogP contribution in [0.2, 0.25) is 5.02 Å². The van der Waals surface area contributed by atoms with Gasteiger partial charge in [0.1, 0.15) is 0 Å². The third-order valence-corrected chi connectivity index (χ3v) is 5.65. The number of carbonyl (C=O) groups is 1. The summed E-state index contributed by atoms with van der Waals surface area (Å²) in [5, 5.41) is 3.24. The van der Waals surface area contributed by atoms with E-state index in [2.05, 4.69) is 5.32 Å². The van der Waals surface area contributed by atoms with Gasteiger partial charge < -0.3 is 15.0 Å². The zero-order valence-electron chi connectivity index (χ0n) is 12.3. The lowest BCUT2D eigenvalue weighted by molar-refractivity contribution is 0.207. The van der Waals surface area contributed by atoms with E-state index < -0.39 is 15.5 Å². The quantitative estimate of drug-likeness (QED) is 0.907. The predicted molar refractivity (Wildman–Crippen MR) is 85.7 cm³/mol. The summed E-state index contributed by atoms with van der Waals surface area (Å²) in [4.78, 5) is 14.0. The van der Waals surface area contributed by atoms with Crippen LogP contribution in [0.5, 0.6) is 5.75 Å². The topological polar surface area (TPSA) is 58.6 Å². The average Bonchev–Trinajstić information content (AvgIpc) is 2.42. The second-order valence-electron chi connectivity index (χ2n) is 5.48. The minimum absolute atomic E-state index is 0.236. The van der Waals surface area contributed by atoms with E-state index >= 15 is 0 Å². The maximum absolute atomic E-state index is 12.4. The van der Waals surface area contributed by atoms with Gasteiger partial charge in [-0.15, -0.1) is 0 Å². The molecule has 0 spiro atoms. The van der Waals surface area contributed by atoms with Crippen LogP contribution in [0.25, 0.3) is 0 Å². The Balaban J connectivity index is 2.12. The summed E-state index contributed by atoms with van der Waals surface area (Å²) in [5.41, 5.74) is 0.527. The van der Waals surface area contributed by atoms with Crippen LogP contribution in [-0.4, -0.2) is 45.8 Å². The first-order valence-electron chi connectivity index (χ1n) is 6.62. The number of carbonyl (C=O) groups excluding carboxylic acids is 1. The summed E-state index contributed by atoms with van der Waals surface area (Å²) in [6.45, 7) is 4.74. The van der Waals surface area contributed by atoms with Crippen LogP contribution in [-0.2, 0) is 10.8 Å². The number of rotatable bonds is 2. The fourth-order valence-electron chi connectivity index (χ4n) is 2.26. The largest absolute Gasteiger partial charge is 0.493 e. The van der Waals surface area contributed by atoms with Crippen molar-refractivity contribution in [1.29, 1.82) is 0 Å². The molecule has 1 saturated heterocycles. The van der Waals surface area contributed by atoms with Crippen LogP contribution < -0.4 is 10.1 Å².